The van der Waals surface area contributed by atoms with Gasteiger partial charge in [-0.15, -0.1) is 0 Å². The molecule has 1 aromatic heterocycles. The monoisotopic (exact) mass is 183 g/mol. The Morgan fingerprint density at radius 2 is 2.54 bits per heavy atom. The zero-order valence-electron chi connectivity index (χ0n) is 7.53. The third-order valence-electron chi connectivity index (χ3n) is 1.69. The molecular formula is C9H13NO3. The van der Waals surface area contributed by atoms with Crippen molar-refractivity contribution in [3.8, 4) is 0 Å². The number of hydrogen-bond donors (Lipinski definition) is 1. The number of esters is 1. The van der Waals surface area contributed by atoms with E-state index >= 15 is 0 Å². The van der Waals surface area contributed by atoms with Crippen LogP contribution in [0.15, 0.2) is 22.8 Å². The number of carbonyl (C=O) groups is 1. The fourth-order valence-electron chi connectivity index (χ4n) is 1.06. The maximum absolute atomic E-state index is 11.3. The van der Waals surface area contributed by atoms with Crippen LogP contribution in [0.2, 0.25) is 0 Å². The van der Waals surface area contributed by atoms with Crippen LogP contribution in [0.5, 0.6) is 0 Å². The van der Waals surface area contributed by atoms with E-state index < -0.39 is 5.92 Å². The van der Waals surface area contributed by atoms with Crippen LogP contribution in [-0.4, -0.2) is 19.1 Å². The van der Waals surface area contributed by atoms with E-state index in [9.17, 15) is 4.79 Å². The van der Waals surface area contributed by atoms with Gasteiger partial charge in [0.15, 0.2) is 0 Å². The molecule has 0 aromatic carbocycles. The normalized spacial score (nSPS) is 12.5. The van der Waals surface area contributed by atoms with E-state index in [2.05, 4.69) is 0 Å². The van der Waals surface area contributed by atoms with Crippen LogP contribution in [0.1, 0.15) is 18.6 Å². The van der Waals surface area contributed by atoms with E-state index in [-0.39, 0.29) is 12.5 Å². The summed E-state index contributed by atoms with van der Waals surface area (Å²) in [4.78, 5) is 11.3. The summed E-state index contributed by atoms with van der Waals surface area (Å²) in [6.07, 6.45) is 1.51. The molecule has 1 atom stereocenters. The molecule has 1 rings (SSSR count). The Hall–Kier alpha value is -1.29. The first kappa shape index (κ1) is 9.80. The van der Waals surface area contributed by atoms with E-state index in [0.29, 0.717) is 12.4 Å². The highest BCUT2D eigenvalue weighted by Crippen LogP contribution is 2.16. The van der Waals surface area contributed by atoms with Gasteiger partial charge in [0.25, 0.3) is 0 Å². The molecule has 0 aliphatic carbocycles. The molecule has 72 valence electrons. The van der Waals surface area contributed by atoms with E-state index in [1.54, 1.807) is 19.1 Å². The van der Waals surface area contributed by atoms with E-state index in [4.69, 9.17) is 14.9 Å². The SMILES string of the molecule is CCOC(=O)C(CN)c1ccco1. The van der Waals surface area contributed by atoms with Gasteiger partial charge in [-0.25, -0.2) is 0 Å². The predicted octanol–water partition coefficient (Wildman–Crippen LogP) is 0.885. The largest absolute Gasteiger partial charge is 0.468 e. The van der Waals surface area contributed by atoms with Gasteiger partial charge in [0.2, 0.25) is 0 Å². The zero-order chi connectivity index (χ0) is 9.68. The fraction of sp³-hybridized carbons (Fsp3) is 0.444. The first-order valence-electron chi connectivity index (χ1n) is 4.19. The second-order valence-corrected chi connectivity index (χ2v) is 2.56. The zero-order valence-corrected chi connectivity index (χ0v) is 7.53. The van der Waals surface area contributed by atoms with Crippen molar-refractivity contribution >= 4 is 5.97 Å². The predicted molar refractivity (Wildman–Crippen MR) is 47.1 cm³/mol. The van der Waals surface area contributed by atoms with Gasteiger partial charge in [0, 0.05) is 6.54 Å². The minimum Gasteiger partial charge on any atom is -0.468 e. The van der Waals surface area contributed by atoms with Gasteiger partial charge in [-0.2, -0.15) is 0 Å². The first-order chi connectivity index (χ1) is 6.29. The Bertz CT molecular complexity index is 256. The van der Waals surface area contributed by atoms with E-state index in [1.807, 2.05) is 0 Å². The third kappa shape index (κ3) is 2.32. The van der Waals surface area contributed by atoms with Crippen molar-refractivity contribution in [1.29, 1.82) is 0 Å². The summed E-state index contributed by atoms with van der Waals surface area (Å²) in [6.45, 7) is 2.32. The lowest BCUT2D eigenvalue weighted by molar-refractivity contribution is -0.145. The number of hydrogen-bond acceptors (Lipinski definition) is 4. The molecule has 0 fully saturated rings. The molecule has 1 aromatic rings. The van der Waals surface area contributed by atoms with Crippen molar-refractivity contribution in [2.45, 2.75) is 12.8 Å². The Labute approximate surface area is 76.7 Å². The van der Waals surface area contributed by atoms with Crippen molar-refractivity contribution in [2.24, 2.45) is 5.73 Å². The summed E-state index contributed by atoms with van der Waals surface area (Å²) in [7, 11) is 0. The molecule has 1 unspecified atom stereocenters. The highest BCUT2D eigenvalue weighted by molar-refractivity contribution is 5.77. The first-order valence-corrected chi connectivity index (χ1v) is 4.19. The topological polar surface area (TPSA) is 65.5 Å². The van der Waals surface area contributed by atoms with Crippen LogP contribution in [-0.2, 0) is 9.53 Å². The van der Waals surface area contributed by atoms with E-state index in [0.717, 1.165) is 0 Å². The molecule has 0 aliphatic heterocycles. The maximum atomic E-state index is 11.3. The molecule has 0 saturated heterocycles. The van der Waals surface area contributed by atoms with Gasteiger partial charge in [-0.05, 0) is 19.1 Å². The lowest BCUT2D eigenvalue weighted by Crippen LogP contribution is -2.23. The molecule has 13 heavy (non-hydrogen) atoms. The summed E-state index contributed by atoms with van der Waals surface area (Å²) in [5.41, 5.74) is 5.43. The summed E-state index contributed by atoms with van der Waals surface area (Å²) in [5, 5.41) is 0. The van der Waals surface area contributed by atoms with Crippen molar-refractivity contribution in [3.05, 3.63) is 24.2 Å². The Morgan fingerprint density at radius 1 is 1.77 bits per heavy atom. The number of furan rings is 1. The molecule has 0 bridgehead atoms. The molecule has 2 N–H and O–H groups in total. The summed E-state index contributed by atoms with van der Waals surface area (Å²) in [5.74, 6) is -0.254. The van der Waals surface area contributed by atoms with Crippen LogP contribution in [0.4, 0.5) is 0 Å². The van der Waals surface area contributed by atoms with Gasteiger partial charge in [0.05, 0.1) is 12.9 Å². The number of ether oxygens (including phenoxy) is 1. The quantitative estimate of drug-likeness (QED) is 0.704. The second-order valence-electron chi connectivity index (χ2n) is 2.56. The summed E-state index contributed by atoms with van der Waals surface area (Å²) >= 11 is 0. The third-order valence-corrected chi connectivity index (χ3v) is 1.69. The van der Waals surface area contributed by atoms with Crippen LogP contribution < -0.4 is 5.73 Å². The van der Waals surface area contributed by atoms with Crippen molar-refractivity contribution in [3.63, 3.8) is 0 Å². The van der Waals surface area contributed by atoms with Crippen molar-refractivity contribution < 1.29 is 13.9 Å². The van der Waals surface area contributed by atoms with Gasteiger partial charge in [-0.1, -0.05) is 0 Å². The average molecular weight is 183 g/mol. The van der Waals surface area contributed by atoms with Gasteiger partial charge >= 0.3 is 5.97 Å². The molecule has 4 nitrogen and oxygen atoms in total. The van der Waals surface area contributed by atoms with Crippen LogP contribution in [0.25, 0.3) is 0 Å². The van der Waals surface area contributed by atoms with Crippen LogP contribution >= 0.6 is 0 Å². The molecule has 1 heterocycles. The lowest BCUT2D eigenvalue weighted by atomic mass is 10.1. The van der Waals surface area contributed by atoms with Crippen molar-refractivity contribution in [1.82, 2.24) is 0 Å². The summed E-state index contributed by atoms with van der Waals surface area (Å²) in [6, 6.07) is 3.44. The maximum Gasteiger partial charge on any atom is 0.317 e. The average Bonchev–Trinajstić information content (AvgIpc) is 2.59. The smallest absolute Gasteiger partial charge is 0.317 e. The standard InChI is InChI=1S/C9H13NO3/c1-2-12-9(11)7(6-10)8-4-3-5-13-8/h3-5,7H,2,6,10H2,1H3. The molecule has 0 amide bonds. The van der Waals surface area contributed by atoms with E-state index in [1.165, 1.54) is 6.26 Å². The molecule has 0 saturated carbocycles. The van der Waals surface area contributed by atoms with Crippen LogP contribution in [0.3, 0.4) is 0 Å². The van der Waals surface area contributed by atoms with Gasteiger partial charge < -0.3 is 14.9 Å². The number of rotatable bonds is 4. The molecule has 0 spiro atoms. The Morgan fingerprint density at radius 3 is 3.00 bits per heavy atom. The number of nitrogens with two attached hydrogens (primary N) is 1. The highest BCUT2D eigenvalue weighted by atomic mass is 16.5. The lowest BCUT2D eigenvalue weighted by Gasteiger charge is -2.09. The number of carbonyl (C=O) groups excluding carboxylic acids is 1. The molecular weight excluding hydrogens is 170 g/mol. The molecule has 4 heteroatoms. The summed E-state index contributed by atoms with van der Waals surface area (Å²) < 4.78 is 9.91. The minimum atomic E-state index is -0.477. The van der Waals surface area contributed by atoms with Crippen LogP contribution in [0, 0.1) is 0 Å². The highest BCUT2D eigenvalue weighted by Gasteiger charge is 2.22. The molecule has 0 aliphatic rings. The Balaban J connectivity index is 2.68. The second kappa shape index (κ2) is 4.67. The van der Waals surface area contributed by atoms with Gasteiger partial charge in [-0.3, -0.25) is 4.79 Å². The fourth-order valence-corrected chi connectivity index (χ4v) is 1.06. The minimum absolute atomic E-state index is 0.201. The van der Waals surface area contributed by atoms with Crippen molar-refractivity contribution in [2.75, 3.05) is 13.2 Å². The Kier molecular flexibility index (Phi) is 3.52. The van der Waals surface area contributed by atoms with Gasteiger partial charge in [0.1, 0.15) is 11.7 Å². The molecule has 0 radical (unpaired) electrons.